The Morgan fingerprint density at radius 3 is 2.74 bits per heavy atom. The molecule has 3 rings (SSSR count). The summed E-state index contributed by atoms with van der Waals surface area (Å²) in [5, 5.41) is 14.5. The van der Waals surface area contributed by atoms with Gasteiger partial charge in [-0.1, -0.05) is 39.7 Å². The van der Waals surface area contributed by atoms with Gasteiger partial charge in [0, 0.05) is 10.0 Å². The maximum atomic E-state index is 12.2. The standard InChI is InChI=1S/C16H14BrN5O/c1-11-5-7-12(8-6-11)16(23)18-10-15-19-20-21-22(15)14-4-2-3-13(17)9-14/h2-9H,10H2,1H3,(H,18,23). The van der Waals surface area contributed by atoms with Crippen LogP contribution in [0.25, 0.3) is 5.69 Å². The Kier molecular flexibility index (Phi) is 4.47. The first-order valence-corrected chi connectivity index (χ1v) is 7.81. The Labute approximate surface area is 141 Å². The van der Waals surface area contributed by atoms with Crippen molar-refractivity contribution >= 4 is 21.8 Å². The monoisotopic (exact) mass is 371 g/mol. The van der Waals surface area contributed by atoms with Crippen molar-refractivity contribution in [2.45, 2.75) is 13.5 Å². The minimum Gasteiger partial charge on any atom is -0.345 e. The fourth-order valence-electron chi connectivity index (χ4n) is 2.09. The fourth-order valence-corrected chi connectivity index (χ4v) is 2.48. The van der Waals surface area contributed by atoms with E-state index in [1.165, 1.54) is 0 Å². The van der Waals surface area contributed by atoms with E-state index in [0.29, 0.717) is 11.4 Å². The summed E-state index contributed by atoms with van der Waals surface area (Å²) in [6, 6.07) is 15.0. The van der Waals surface area contributed by atoms with E-state index in [0.717, 1.165) is 15.7 Å². The molecule has 3 aromatic rings. The van der Waals surface area contributed by atoms with E-state index in [-0.39, 0.29) is 12.5 Å². The van der Waals surface area contributed by atoms with Gasteiger partial charge in [0.05, 0.1) is 12.2 Å². The first-order chi connectivity index (χ1) is 11.1. The van der Waals surface area contributed by atoms with E-state index in [1.807, 2.05) is 43.3 Å². The third kappa shape index (κ3) is 3.62. The summed E-state index contributed by atoms with van der Waals surface area (Å²) in [5.41, 5.74) is 2.54. The number of halogens is 1. The van der Waals surface area contributed by atoms with Gasteiger partial charge in [-0.2, -0.15) is 4.68 Å². The molecule has 0 aliphatic rings. The van der Waals surface area contributed by atoms with E-state index < -0.39 is 0 Å². The van der Waals surface area contributed by atoms with Crippen LogP contribution in [0.3, 0.4) is 0 Å². The minimum absolute atomic E-state index is 0.159. The summed E-state index contributed by atoms with van der Waals surface area (Å²) in [6.07, 6.45) is 0. The second kappa shape index (κ2) is 6.70. The zero-order valence-electron chi connectivity index (χ0n) is 12.4. The molecule has 6 nitrogen and oxygen atoms in total. The third-order valence-corrected chi connectivity index (χ3v) is 3.80. The number of nitrogens with one attached hydrogen (secondary N) is 1. The highest BCUT2D eigenvalue weighted by Gasteiger charge is 2.11. The van der Waals surface area contributed by atoms with Gasteiger partial charge < -0.3 is 5.32 Å². The molecule has 0 saturated heterocycles. The fraction of sp³-hybridized carbons (Fsp3) is 0.125. The Morgan fingerprint density at radius 2 is 2.00 bits per heavy atom. The van der Waals surface area contributed by atoms with Crippen molar-refractivity contribution < 1.29 is 4.79 Å². The summed E-state index contributed by atoms with van der Waals surface area (Å²) >= 11 is 3.42. The van der Waals surface area contributed by atoms with Gasteiger partial charge in [0.1, 0.15) is 0 Å². The van der Waals surface area contributed by atoms with Crippen LogP contribution in [-0.2, 0) is 6.54 Å². The van der Waals surface area contributed by atoms with Crippen LogP contribution in [0.15, 0.2) is 53.0 Å². The average Bonchev–Trinajstić information content (AvgIpc) is 3.02. The molecule has 0 fully saturated rings. The summed E-state index contributed by atoms with van der Waals surface area (Å²) in [5.74, 6) is 0.400. The average molecular weight is 372 g/mol. The molecule has 1 amide bonds. The van der Waals surface area contributed by atoms with Crippen LogP contribution in [0, 0.1) is 6.92 Å². The van der Waals surface area contributed by atoms with Gasteiger partial charge in [-0.3, -0.25) is 4.79 Å². The van der Waals surface area contributed by atoms with Crippen LogP contribution < -0.4 is 5.32 Å². The van der Waals surface area contributed by atoms with Gasteiger partial charge in [0.2, 0.25) is 0 Å². The number of benzene rings is 2. The lowest BCUT2D eigenvalue weighted by Crippen LogP contribution is -2.24. The summed E-state index contributed by atoms with van der Waals surface area (Å²) in [7, 11) is 0. The quantitative estimate of drug-likeness (QED) is 0.764. The minimum atomic E-state index is -0.159. The molecular weight excluding hydrogens is 358 g/mol. The van der Waals surface area contributed by atoms with Crippen molar-refractivity contribution in [1.29, 1.82) is 0 Å². The second-order valence-electron chi connectivity index (χ2n) is 5.04. The molecule has 0 aliphatic carbocycles. The third-order valence-electron chi connectivity index (χ3n) is 3.31. The molecule has 0 spiro atoms. The predicted molar refractivity (Wildman–Crippen MR) is 89.2 cm³/mol. The van der Waals surface area contributed by atoms with E-state index in [9.17, 15) is 4.79 Å². The van der Waals surface area contributed by atoms with Crippen molar-refractivity contribution in [1.82, 2.24) is 25.5 Å². The zero-order valence-corrected chi connectivity index (χ0v) is 14.0. The maximum absolute atomic E-state index is 12.2. The lowest BCUT2D eigenvalue weighted by Gasteiger charge is -2.07. The first-order valence-electron chi connectivity index (χ1n) is 7.01. The topological polar surface area (TPSA) is 72.7 Å². The Balaban J connectivity index is 1.73. The van der Waals surface area contributed by atoms with Crippen LogP contribution in [0.5, 0.6) is 0 Å². The summed E-state index contributed by atoms with van der Waals surface area (Å²) in [4.78, 5) is 12.2. The largest absolute Gasteiger partial charge is 0.345 e. The lowest BCUT2D eigenvalue weighted by molar-refractivity contribution is 0.0949. The first kappa shape index (κ1) is 15.4. The summed E-state index contributed by atoms with van der Waals surface area (Å²) in [6.45, 7) is 2.22. The van der Waals surface area contributed by atoms with E-state index in [2.05, 4.69) is 36.8 Å². The van der Waals surface area contributed by atoms with Crippen LogP contribution in [-0.4, -0.2) is 26.1 Å². The van der Waals surface area contributed by atoms with E-state index >= 15 is 0 Å². The van der Waals surface area contributed by atoms with Crippen molar-refractivity contribution in [2.75, 3.05) is 0 Å². The molecular formula is C16H14BrN5O. The van der Waals surface area contributed by atoms with Gasteiger partial charge in [-0.05, 0) is 47.7 Å². The van der Waals surface area contributed by atoms with E-state index in [1.54, 1.807) is 16.8 Å². The number of aromatic nitrogens is 4. The van der Waals surface area contributed by atoms with Crippen LogP contribution in [0.2, 0.25) is 0 Å². The Morgan fingerprint density at radius 1 is 1.22 bits per heavy atom. The number of rotatable bonds is 4. The van der Waals surface area contributed by atoms with Gasteiger partial charge in [0.25, 0.3) is 5.91 Å². The zero-order chi connectivity index (χ0) is 16.2. The van der Waals surface area contributed by atoms with Crippen LogP contribution >= 0.6 is 15.9 Å². The Hall–Kier alpha value is -2.54. The molecule has 0 saturated carbocycles. The molecule has 1 aromatic heterocycles. The van der Waals surface area contributed by atoms with Crippen molar-refractivity contribution in [3.8, 4) is 5.69 Å². The molecule has 23 heavy (non-hydrogen) atoms. The number of carbonyl (C=O) groups is 1. The van der Waals surface area contributed by atoms with Crippen molar-refractivity contribution in [3.63, 3.8) is 0 Å². The highest BCUT2D eigenvalue weighted by atomic mass is 79.9. The van der Waals surface area contributed by atoms with Crippen molar-refractivity contribution in [3.05, 3.63) is 70.0 Å². The van der Waals surface area contributed by atoms with E-state index in [4.69, 9.17) is 0 Å². The molecule has 0 unspecified atom stereocenters. The predicted octanol–water partition coefficient (Wildman–Crippen LogP) is 2.66. The SMILES string of the molecule is Cc1ccc(C(=O)NCc2nnnn2-c2cccc(Br)c2)cc1. The molecule has 7 heteroatoms. The van der Waals surface area contributed by atoms with Gasteiger partial charge in [-0.25, -0.2) is 0 Å². The molecule has 2 aromatic carbocycles. The van der Waals surface area contributed by atoms with Gasteiger partial charge in [0.15, 0.2) is 5.82 Å². The second-order valence-corrected chi connectivity index (χ2v) is 5.95. The number of hydrogen-bond donors (Lipinski definition) is 1. The highest BCUT2D eigenvalue weighted by molar-refractivity contribution is 9.10. The number of aryl methyl sites for hydroxylation is 1. The number of nitrogens with zero attached hydrogens (tertiary/aromatic N) is 4. The van der Waals surface area contributed by atoms with Gasteiger partial charge >= 0.3 is 0 Å². The molecule has 116 valence electrons. The molecule has 0 bridgehead atoms. The lowest BCUT2D eigenvalue weighted by atomic mass is 10.1. The molecule has 0 atom stereocenters. The van der Waals surface area contributed by atoms with Gasteiger partial charge in [-0.15, -0.1) is 5.10 Å². The number of carbonyl (C=O) groups excluding carboxylic acids is 1. The van der Waals surface area contributed by atoms with Crippen molar-refractivity contribution in [2.24, 2.45) is 0 Å². The van der Waals surface area contributed by atoms with Crippen LogP contribution in [0.4, 0.5) is 0 Å². The summed E-state index contributed by atoms with van der Waals surface area (Å²) < 4.78 is 2.53. The number of hydrogen-bond acceptors (Lipinski definition) is 4. The molecule has 1 heterocycles. The Bertz CT molecular complexity index is 828. The number of amides is 1. The highest BCUT2D eigenvalue weighted by Crippen LogP contribution is 2.15. The smallest absolute Gasteiger partial charge is 0.251 e. The normalized spacial score (nSPS) is 10.5. The molecule has 0 radical (unpaired) electrons. The molecule has 1 N–H and O–H groups in total. The maximum Gasteiger partial charge on any atom is 0.251 e. The van der Waals surface area contributed by atoms with Crippen LogP contribution in [0.1, 0.15) is 21.7 Å². The molecule has 0 aliphatic heterocycles. The number of tetrazole rings is 1.